The molecular formula is C45H40N2. The van der Waals surface area contributed by atoms with Crippen LogP contribution in [0.4, 0.5) is 22.7 Å². The number of nitrogens with zero attached hydrogens (tertiary/aromatic N) is 2. The minimum atomic E-state index is 0.128. The average Bonchev–Trinajstić information content (AvgIpc) is 3.46. The zero-order valence-corrected chi connectivity index (χ0v) is 26.9. The maximum Gasteiger partial charge on any atom is 0.0629 e. The molecule has 0 fully saturated rings. The Morgan fingerprint density at radius 1 is 0.830 bits per heavy atom. The largest absolute Gasteiger partial charge is 0.333 e. The van der Waals surface area contributed by atoms with E-state index in [2.05, 4.69) is 199 Å². The molecule has 3 atom stereocenters. The van der Waals surface area contributed by atoms with E-state index in [0.717, 1.165) is 29.9 Å². The molecule has 2 heteroatoms. The second-order valence-electron chi connectivity index (χ2n) is 12.7. The lowest BCUT2D eigenvalue weighted by atomic mass is 9.80. The Bertz CT molecular complexity index is 1950. The predicted molar refractivity (Wildman–Crippen MR) is 200 cm³/mol. The van der Waals surface area contributed by atoms with Gasteiger partial charge in [0, 0.05) is 34.4 Å². The van der Waals surface area contributed by atoms with Crippen molar-refractivity contribution in [2.24, 2.45) is 5.41 Å². The van der Waals surface area contributed by atoms with Gasteiger partial charge in [-0.2, -0.15) is 0 Å². The quantitative estimate of drug-likeness (QED) is 0.138. The number of hydrogen-bond donors (Lipinski definition) is 0. The summed E-state index contributed by atoms with van der Waals surface area (Å²) >= 11 is 0. The molecule has 47 heavy (non-hydrogen) atoms. The van der Waals surface area contributed by atoms with Crippen LogP contribution in [-0.4, -0.2) is 6.04 Å². The molecule has 2 nitrogen and oxygen atoms in total. The Kier molecular flexibility index (Phi) is 8.60. The van der Waals surface area contributed by atoms with E-state index in [4.69, 9.17) is 0 Å². The van der Waals surface area contributed by atoms with Crippen LogP contribution in [0.2, 0.25) is 0 Å². The normalized spacial score (nSPS) is 21.0. The standard InChI is InChI=1S/C45H40N2/c1-3-4-16-37(19-15-34-45(2)32-13-6-14-33-45)46(38-17-7-5-8-18-38)39-28-24-35(25-29-39)36-26-30-40(31-27-36)47-43-22-11-9-20-41(43)42-21-10-12-23-44(42)47/h4-32,41,43H,1,33-34H2,2H3/b19-15-,37-16+. The smallest absolute Gasteiger partial charge is 0.0629 e. The van der Waals surface area contributed by atoms with E-state index in [1.807, 2.05) is 6.08 Å². The Hall–Kier alpha value is -5.56. The van der Waals surface area contributed by atoms with Crippen molar-refractivity contribution in [2.45, 2.75) is 31.7 Å². The summed E-state index contributed by atoms with van der Waals surface area (Å²) in [6.45, 7) is 6.13. The average molecular weight is 609 g/mol. The van der Waals surface area contributed by atoms with Crippen LogP contribution in [0.5, 0.6) is 0 Å². The maximum atomic E-state index is 3.82. The molecule has 7 rings (SSSR count). The summed E-state index contributed by atoms with van der Waals surface area (Å²) in [7, 11) is 0. The van der Waals surface area contributed by atoms with Crippen molar-refractivity contribution in [1.82, 2.24) is 0 Å². The van der Waals surface area contributed by atoms with Crippen LogP contribution in [-0.2, 0) is 0 Å². The van der Waals surface area contributed by atoms with E-state index in [1.165, 1.54) is 28.1 Å². The molecule has 0 aromatic heterocycles. The predicted octanol–water partition coefficient (Wildman–Crippen LogP) is 11.9. The van der Waals surface area contributed by atoms with Gasteiger partial charge in [0.25, 0.3) is 0 Å². The number of fused-ring (bicyclic) bond motifs is 3. The topological polar surface area (TPSA) is 6.48 Å². The lowest BCUT2D eigenvalue weighted by Crippen LogP contribution is -2.28. The van der Waals surface area contributed by atoms with Crippen LogP contribution in [0.3, 0.4) is 0 Å². The van der Waals surface area contributed by atoms with E-state index in [-0.39, 0.29) is 5.41 Å². The molecule has 0 bridgehead atoms. The number of benzene rings is 4. The van der Waals surface area contributed by atoms with Gasteiger partial charge >= 0.3 is 0 Å². The third-order valence-corrected chi connectivity index (χ3v) is 9.41. The van der Waals surface area contributed by atoms with Gasteiger partial charge in [0.15, 0.2) is 0 Å². The first-order valence-electron chi connectivity index (χ1n) is 16.5. The van der Waals surface area contributed by atoms with Crippen molar-refractivity contribution < 1.29 is 0 Å². The summed E-state index contributed by atoms with van der Waals surface area (Å²) in [4.78, 5) is 4.77. The Morgan fingerprint density at radius 2 is 1.53 bits per heavy atom. The van der Waals surface area contributed by atoms with Crippen molar-refractivity contribution in [3.05, 3.63) is 200 Å². The highest BCUT2D eigenvalue weighted by atomic mass is 15.2. The van der Waals surface area contributed by atoms with Gasteiger partial charge in [-0.3, -0.25) is 0 Å². The first-order chi connectivity index (χ1) is 23.1. The Labute approximate surface area is 279 Å². The molecule has 0 spiro atoms. The minimum Gasteiger partial charge on any atom is -0.333 e. The summed E-state index contributed by atoms with van der Waals surface area (Å²) in [5.74, 6) is 0.385. The van der Waals surface area contributed by atoms with Gasteiger partial charge in [-0.1, -0.05) is 129 Å². The van der Waals surface area contributed by atoms with Crippen LogP contribution in [0.25, 0.3) is 11.1 Å². The molecule has 0 radical (unpaired) electrons. The summed E-state index contributed by atoms with van der Waals surface area (Å²) < 4.78 is 0. The molecule has 1 heterocycles. The first-order valence-corrected chi connectivity index (χ1v) is 16.5. The van der Waals surface area contributed by atoms with Crippen molar-refractivity contribution >= 4 is 22.7 Å². The molecule has 2 aliphatic carbocycles. The van der Waals surface area contributed by atoms with Gasteiger partial charge in [-0.15, -0.1) is 5.73 Å². The second-order valence-corrected chi connectivity index (χ2v) is 12.7. The maximum absolute atomic E-state index is 3.82. The zero-order valence-electron chi connectivity index (χ0n) is 26.9. The van der Waals surface area contributed by atoms with Crippen LogP contribution in [0, 0.1) is 5.41 Å². The molecule has 0 saturated heterocycles. The molecule has 4 aromatic rings. The number of rotatable bonds is 9. The molecule has 0 saturated carbocycles. The zero-order chi connectivity index (χ0) is 32.1. The van der Waals surface area contributed by atoms with Gasteiger partial charge in [0.1, 0.15) is 0 Å². The van der Waals surface area contributed by atoms with Crippen molar-refractivity contribution in [3.63, 3.8) is 0 Å². The van der Waals surface area contributed by atoms with Crippen LogP contribution < -0.4 is 9.80 Å². The van der Waals surface area contributed by atoms with E-state index in [1.54, 1.807) is 0 Å². The van der Waals surface area contributed by atoms with Gasteiger partial charge in [0.2, 0.25) is 0 Å². The molecule has 0 amide bonds. The van der Waals surface area contributed by atoms with Crippen molar-refractivity contribution in [3.8, 4) is 11.1 Å². The highest BCUT2D eigenvalue weighted by Gasteiger charge is 2.36. The second kappa shape index (κ2) is 13.4. The highest BCUT2D eigenvalue weighted by molar-refractivity contribution is 5.78. The fraction of sp³-hybridized carbons (Fsp3) is 0.133. The number of para-hydroxylation sites is 2. The van der Waals surface area contributed by atoms with Crippen LogP contribution in [0.1, 0.15) is 31.2 Å². The van der Waals surface area contributed by atoms with E-state index < -0.39 is 0 Å². The summed E-state index contributed by atoms with van der Waals surface area (Å²) in [5, 5.41) is 0. The van der Waals surface area contributed by atoms with Gasteiger partial charge in [-0.05, 0) is 95.6 Å². The van der Waals surface area contributed by atoms with Gasteiger partial charge < -0.3 is 9.80 Å². The highest BCUT2D eigenvalue weighted by Crippen LogP contribution is 2.47. The molecule has 4 aromatic carbocycles. The van der Waals surface area contributed by atoms with E-state index >= 15 is 0 Å². The molecule has 0 N–H and O–H groups in total. The van der Waals surface area contributed by atoms with Gasteiger partial charge in [-0.25, -0.2) is 0 Å². The van der Waals surface area contributed by atoms with Crippen molar-refractivity contribution in [2.75, 3.05) is 9.80 Å². The SMILES string of the molecule is C=C=C/C=C(\C=C/CC1(C)C=CC=CC1)N(c1ccccc1)c1ccc(-c2ccc(N3c4ccccc4C4C=CC=CC43)cc2)cc1. The molecular weight excluding hydrogens is 569 g/mol. The number of hydrogen-bond acceptors (Lipinski definition) is 2. The van der Waals surface area contributed by atoms with Gasteiger partial charge in [0.05, 0.1) is 6.04 Å². The number of anilines is 4. The van der Waals surface area contributed by atoms with Crippen LogP contribution in [0.15, 0.2) is 194 Å². The third kappa shape index (κ3) is 6.29. The fourth-order valence-corrected chi connectivity index (χ4v) is 6.95. The van der Waals surface area contributed by atoms with E-state index in [9.17, 15) is 0 Å². The summed E-state index contributed by atoms with van der Waals surface area (Å²) in [6, 6.07) is 37.5. The van der Waals surface area contributed by atoms with Crippen molar-refractivity contribution in [1.29, 1.82) is 0 Å². The number of allylic oxidation sites excluding steroid dienone is 10. The lowest BCUT2D eigenvalue weighted by molar-refractivity contribution is 0.436. The third-order valence-electron chi connectivity index (χ3n) is 9.41. The summed E-state index contributed by atoms with van der Waals surface area (Å²) in [6.07, 6.45) is 28.3. The lowest BCUT2D eigenvalue weighted by Gasteiger charge is -2.29. The molecule has 3 unspecified atom stereocenters. The summed E-state index contributed by atoms with van der Waals surface area (Å²) in [5.41, 5.74) is 12.6. The molecule has 1 aliphatic heterocycles. The van der Waals surface area contributed by atoms with Crippen LogP contribution >= 0.6 is 0 Å². The first kappa shape index (κ1) is 30.1. The molecule has 3 aliphatic rings. The Morgan fingerprint density at radius 3 is 2.28 bits per heavy atom. The fourth-order valence-electron chi connectivity index (χ4n) is 6.95. The monoisotopic (exact) mass is 608 g/mol. The van der Waals surface area contributed by atoms with E-state index in [0.29, 0.717) is 12.0 Å². The molecule has 230 valence electrons. The minimum absolute atomic E-state index is 0.128. The Balaban J connectivity index is 1.16.